The molecule has 3 nitrogen and oxygen atoms in total. The molecule has 0 N–H and O–H groups in total. The highest BCUT2D eigenvalue weighted by atomic mass is 79.9. The van der Waals surface area contributed by atoms with Crippen LogP contribution >= 0.6 is 38.9 Å². The molecule has 0 spiro atoms. The maximum Gasteiger partial charge on any atom is 0.266 e. The van der Waals surface area contributed by atoms with Gasteiger partial charge in [0.15, 0.2) is 0 Å². The third kappa shape index (κ3) is 2.60. The summed E-state index contributed by atoms with van der Waals surface area (Å²) in [4.78, 5) is 0.945. The van der Waals surface area contributed by atoms with Gasteiger partial charge in [-0.3, -0.25) is 4.31 Å². The summed E-state index contributed by atoms with van der Waals surface area (Å²) in [5, 5.41) is 0. The molecule has 3 rings (SSSR count). The maximum atomic E-state index is 13.4. The molecule has 0 bridgehead atoms. The average molecular weight is 411 g/mol. The molecule has 112 valence electrons. The van der Waals surface area contributed by atoms with E-state index in [1.54, 1.807) is 12.1 Å². The number of hydrogen-bond donors (Lipinski definition) is 0. The molecular weight excluding hydrogens is 401 g/mol. The highest BCUT2D eigenvalue weighted by Crippen LogP contribution is 2.38. The SMILES string of the molecule is O=S(=O)(c1cc(CCl)sc1Br)N1CCc2ccc(F)cc21. The molecule has 21 heavy (non-hydrogen) atoms. The lowest BCUT2D eigenvalue weighted by Gasteiger charge is -2.19. The van der Waals surface area contributed by atoms with Gasteiger partial charge in [0.05, 0.1) is 15.4 Å². The average Bonchev–Trinajstić information content (AvgIpc) is 3.02. The van der Waals surface area contributed by atoms with Crippen LogP contribution in [0.15, 0.2) is 32.9 Å². The molecule has 1 aliphatic heterocycles. The van der Waals surface area contributed by atoms with Gasteiger partial charge >= 0.3 is 0 Å². The first-order valence-corrected chi connectivity index (χ1v) is 9.67. The number of rotatable bonds is 3. The summed E-state index contributed by atoms with van der Waals surface area (Å²) in [5.41, 5.74) is 1.25. The number of alkyl halides is 1. The van der Waals surface area contributed by atoms with E-state index in [4.69, 9.17) is 11.6 Å². The maximum absolute atomic E-state index is 13.4. The Bertz CT molecular complexity index is 806. The molecule has 0 radical (unpaired) electrons. The minimum absolute atomic E-state index is 0.181. The number of halogens is 3. The molecule has 0 aliphatic carbocycles. The zero-order valence-electron chi connectivity index (χ0n) is 10.6. The Balaban J connectivity index is 2.09. The van der Waals surface area contributed by atoms with E-state index in [1.165, 1.54) is 27.8 Å². The first-order valence-electron chi connectivity index (χ1n) is 6.09. The Morgan fingerprint density at radius 1 is 1.38 bits per heavy atom. The number of thiophene rings is 1. The summed E-state index contributed by atoms with van der Waals surface area (Å²) in [6.45, 7) is 0.319. The van der Waals surface area contributed by atoms with Crippen molar-refractivity contribution in [1.29, 1.82) is 0 Å². The zero-order valence-corrected chi connectivity index (χ0v) is 14.6. The molecule has 1 aliphatic rings. The predicted octanol–water partition coefficient (Wildman–Crippen LogP) is 4.14. The lowest BCUT2D eigenvalue weighted by molar-refractivity contribution is 0.592. The molecule has 0 unspecified atom stereocenters. The van der Waals surface area contributed by atoms with E-state index in [1.807, 2.05) is 0 Å². The Labute approximate surface area is 139 Å². The molecule has 0 saturated heterocycles. The van der Waals surface area contributed by atoms with Crippen LogP contribution in [0.3, 0.4) is 0 Å². The monoisotopic (exact) mass is 409 g/mol. The van der Waals surface area contributed by atoms with Crippen molar-refractivity contribution in [3.63, 3.8) is 0 Å². The summed E-state index contributed by atoms with van der Waals surface area (Å²) >= 11 is 10.3. The normalized spacial score (nSPS) is 14.5. The topological polar surface area (TPSA) is 37.4 Å². The van der Waals surface area contributed by atoms with Crippen molar-refractivity contribution >= 4 is 54.6 Å². The number of anilines is 1. The lowest BCUT2D eigenvalue weighted by Crippen LogP contribution is -2.29. The summed E-state index contributed by atoms with van der Waals surface area (Å²) in [6, 6.07) is 5.81. The van der Waals surface area contributed by atoms with Crippen LogP contribution in [0.1, 0.15) is 10.4 Å². The van der Waals surface area contributed by atoms with Crippen molar-refractivity contribution in [1.82, 2.24) is 0 Å². The number of hydrogen-bond acceptors (Lipinski definition) is 3. The summed E-state index contributed by atoms with van der Waals surface area (Å²) in [6.07, 6.45) is 0.582. The Hall–Kier alpha value is -0.630. The fraction of sp³-hybridized carbons (Fsp3) is 0.231. The molecule has 2 aromatic rings. The molecule has 0 fully saturated rings. The van der Waals surface area contributed by atoms with E-state index >= 15 is 0 Å². The van der Waals surface area contributed by atoms with E-state index in [9.17, 15) is 12.8 Å². The smallest absolute Gasteiger partial charge is 0.266 e. The van der Waals surface area contributed by atoms with Gasteiger partial charge in [0.2, 0.25) is 0 Å². The highest BCUT2D eigenvalue weighted by Gasteiger charge is 2.33. The van der Waals surface area contributed by atoms with Crippen molar-refractivity contribution in [2.24, 2.45) is 0 Å². The van der Waals surface area contributed by atoms with Crippen molar-refractivity contribution < 1.29 is 12.8 Å². The van der Waals surface area contributed by atoms with Crippen LogP contribution in [0.4, 0.5) is 10.1 Å². The Morgan fingerprint density at radius 3 is 2.81 bits per heavy atom. The largest absolute Gasteiger partial charge is 0.266 e. The fourth-order valence-corrected chi connectivity index (χ4v) is 6.55. The van der Waals surface area contributed by atoms with E-state index < -0.39 is 15.8 Å². The quantitative estimate of drug-likeness (QED) is 0.713. The molecular formula is C13H10BrClFNO2S2. The van der Waals surface area contributed by atoms with Crippen LogP contribution < -0.4 is 4.31 Å². The zero-order chi connectivity index (χ0) is 15.2. The van der Waals surface area contributed by atoms with Gasteiger partial charge in [-0.2, -0.15) is 0 Å². The van der Waals surface area contributed by atoms with Gasteiger partial charge in [-0.25, -0.2) is 12.8 Å². The molecule has 2 heterocycles. The first-order chi connectivity index (χ1) is 9.93. The predicted molar refractivity (Wildman–Crippen MR) is 86.2 cm³/mol. The van der Waals surface area contributed by atoms with Gasteiger partial charge in [-0.1, -0.05) is 6.07 Å². The third-order valence-corrected chi connectivity index (χ3v) is 7.82. The van der Waals surface area contributed by atoms with Gasteiger partial charge in [-0.05, 0) is 46.1 Å². The highest BCUT2D eigenvalue weighted by molar-refractivity contribution is 9.11. The standard InChI is InChI=1S/C13H10BrClFNO2S2/c14-13-12(6-10(7-15)20-13)21(18,19)17-4-3-8-1-2-9(16)5-11(8)17/h1-2,5-6H,3-4,7H2. The van der Waals surface area contributed by atoms with Gasteiger partial charge < -0.3 is 0 Å². The van der Waals surface area contributed by atoms with Crippen molar-refractivity contribution in [3.05, 3.63) is 44.3 Å². The minimum Gasteiger partial charge on any atom is -0.266 e. The van der Waals surface area contributed by atoms with Gasteiger partial charge in [0.25, 0.3) is 10.0 Å². The van der Waals surface area contributed by atoms with Crippen LogP contribution in [-0.2, 0) is 22.3 Å². The van der Waals surface area contributed by atoms with Crippen LogP contribution in [0, 0.1) is 5.82 Å². The fourth-order valence-electron chi connectivity index (χ4n) is 2.33. The molecule has 0 saturated carbocycles. The van der Waals surface area contributed by atoms with Gasteiger partial charge in [0.1, 0.15) is 10.7 Å². The van der Waals surface area contributed by atoms with Gasteiger partial charge in [0, 0.05) is 11.4 Å². The molecule has 1 aromatic heterocycles. The van der Waals surface area contributed by atoms with Crippen molar-refractivity contribution in [2.45, 2.75) is 17.2 Å². The minimum atomic E-state index is -3.72. The number of benzene rings is 1. The summed E-state index contributed by atoms with van der Waals surface area (Å²) < 4.78 is 40.8. The van der Waals surface area contributed by atoms with E-state index in [0.29, 0.717) is 22.4 Å². The molecule has 0 amide bonds. The second-order valence-electron chi connectivity index (χ2n) is 4.58. The van der Waals surface area contributed by atoms with E-state index in [2.05, 4.69) is 15.9 Å². The first kappa shape index (κ1) is 15.3. The molecule has 8 heteroatoms. The Kier molecular flexibility index (Phi) is 4.02. The molecule has 0 atom stereocenters. The summed E-state index contributed by atoms with van der Waals surface area (Å²) in [7, 11) is -3.72. The second kappa shape index (κ2) is 5.53. The van der Waals surface area contributed by atoms with Crippen LogP contribution in [0.2, 0.25) is 0 Å². The van der Waals surface area contributed by atoms with Crippen LogP contribution in [-0.4, -0.2) is 15.0 Å². The third-order valence-electron chi connectivity index (χ3n) is 3.31. The molecule has 1 aromatic carbocycles. The van der Waals surface area contributed by atoms with E-state index in [-0.39, 0.29) is 10.8 Å². The van der Waals surface area contributed by atoms with Gasteiger partial charge in [-0.15, -0.1) is 22.9 Å². The van der Waals surface area contributed by atoms with Crippen LogP contribution in [0.5, 0.6) is 0 Å². The Morgan fingerprint density at radius 2 is 2.14 bits per heavy atom. The number of nitrogens with zero attached hydrogens (tertiary/aromatic N) is 1. The second-order valence-corrected chi connectivity index (χ2v) is 9.14. The van der Waals surface area contributed by atoms with Crippen LogP contribution in [0.25, 0.3) is 0 Å². The van der Waals surface area contributed by atoms with Crippen molar-refractivity contribution in [2.75, 3.05) is 10.8 Å². The number of sulfonamides is 1. The lowest BCUT2D eigenvalue weighted by atomic mass is 10.2. The van der Waals surface area contributed by atoms with Crippen molar-refractivity contribution in [3.8, 4) is 0 Å². The summed E-state index contributed by atoms with van der Waals surface area (Å²) in [5.74, 6) is -0.189. The van der Waals surface area contributed by atoms with E-state index in [0.717, 1.165) is 10.4 Å². The number of fused-ring (bicyclic) bond motifs is 1.